The van der Waals surface area contributed by atoms with Gasteiger partial charge in [0.1, 0.15) is 0 Å². The van der Waals surface area contributed by atoms with Gasteiger partial charge in [0.05, 0.1) is 28.8 Å². The monoisotopic (exact) mass is 244 g/mol. The number of nitriles is 1. The van der Waals surface area contributed by atoms with Gasteiger partial charge in [-0.25, -0.2) is 9.78 Å². The third kappa shape index (κ3) is 2.58. The number of nitrogens with one attached hydrogen (secondary N) is 2. The molecule has 18 heavy (non-hydrogen) atoms. The van der Waals surface area contributed by atoms with Gasteiger partial charge < -0.3 is 9.72 Å². The fraction of sp³-hybridized carbons (Fsp3) is 0.250. The highest BCUT2D eigenvalue weighted by atomic mass is 16.6. The molecule has 1 heterocycles. The standard InChI is InChI=1S/C12H12N4O2/c1-7(2)18-12(17)16-11-14-9-4-3-8(6-13)5-10(9)15-11/h3-5,7H,1-2H3,(H2,14,15,16,17). The number of hydrogen-bond donors (Lipinski definition) is 2. The fourth-order valence-corrected chi connectivity index (χ4v) is 1.48. The van der Waals surface area contributed by atoms with E-state index in [9.17, 15) is 4.79 Å². The summed E-state index contributed by atoms with van der Waals surface area (Å²) in [6.45, 7) is 3.52. The van der Waals surface area contributed by atoms with Crippen LogP contribution in [0.5, 0.6) is 0 Å². The van der Waals surface area contributed by atoms with Gasteiger partial charge in [0.25, 0.3) is 0 Å². The molecule has 0 aliphatic rings. The minimum atomic E-state index is -0.565. The third-order valence-electron chi connectivity index (χ3n) is 2.17. The second-order valence-corrected chi connectivity index (χ2v) is 4.01. The number of carbonyl (C=O) groups is 1. The van der Waals surface area contributed by atoms with Crippen molar-refractivity contribution in [2.75, 3.05) is 5.32 Å². The predicted molar refractivity (Wildman–Crippen MR) is 66.0 cm³/mol. The maximum Gasteiger partial charge on any atom is 0.414 e. The van der Waals surface area contributed by atoms with Crippen molar-refractivity contribution in [3.05, 3.63) is 23.8 Å². The lowest BCUT2D eigenvalue weighted by atomic mass is 10.2. The van der Waals surface area contributed by atoms with Gasteiger partial charge >= 0.3 is 6.09 Å². The first-order valence-electron chi connectivity index (χ1n) is 5.46. The number of imidazole rings is 1. The summed E-state index contributed by atoms with van der Waals surface area (Å²) in [5.41, 5.74) is 1.89. The molecule has 2 N–H and O–H groups in total. The lowest BCUT2D eigenvalue weighted by Crippen LogP contribution is -2.18. The summed E-state index contributed by atoms with van der Waals surface area (Å²) >= 11 is 0. The second kappa shape index (κ2) is 4.75. The molecule has 0 aliphatic carbocycles. The molecule has 0 radical (unpaired) electrons. The Morgan fingerprint density at radius 3 is 3.00 bits per heavy atom. The first-order valence-corrected chi connectivity index (χ1v) is 5.46. The first-order chi connectivity index (χ1) is 8.58. The molecule has 1 amide bonds. The average molecular weight is 244 g/mol. The molecule has 0 saturated carbocycles. The van der Waals surface area contributed by atoms with Crippen LogP contribution in [0.2, 0.25) is 0 Å². The molecule has 0 saturated heterocycles. The maximum absolute atomic E-state index is 11.4. The van der Waals surface area contributed by atoms with E-state index in [1.165, 1.54) is 0 Å². The maximum atomic E-state index is 11.4. The van der Waals surface area contributed by atoms with Crippen LogP contribution < -0.4 is 5.32 Å². The number of anilines is 1. The van der Waals surface area contributed by atoms with Crippen LogP contribution in [0.15, 0.2) is 18.2 Å². The molecule has 0 aliphatic heterocycles. The number of nitrogens with zero attached hydrogens (tertiary/aromatic N) is 2. The normalized spacial score (nSPS) is 10.3. The van der Waals surface area contributed by atoms with E-state index < -0.39 is 6.09 Å². The van der Waals surface area contributed by atoms with Gasteiger partial charge in [-0.15, -0.1) is 0 Å². The van der Waals surface area contributed by atoms with E-state index in [-0.39, 0.29) is 6.10 Å². The molecular formula is C12H12N4O2. The van der Waals surface area contributed by atoms with Crippen molar-refractivity contribution in [2.24, 2.45) is 0 Å². The van der Waals surface area contributed by atoms with Gasteiger partial charge in [0.15, 0.2) is 0 Å². The van der Waals surface area contributed by atoms with Gasteiger partial charge in [-0.3, -0.25) is 5.32 Å². The average Bonchev–Trinajstić information content (AvgIpc) is 2.68. The summed E-state index contributed by atoms with van der Waals surface area (Å²) in [7, 11) is 0. The van der Waals surface area contributed by atoms with Crippen molar-refractivity contribution in [3.8, 4) is 6.07 Å². The molecule has 92 valence electrons. The smallest absolute Gasteiger partial charge is 0.414 e. The summed E-state index contributed by atoms with van der Waals surface area (Å²) in [5, 5.41) is 11.3. The molecule has 0 atom stereocenters. The molecule has 6 nitrogen and oxygen atoms in total. The first kappa shape index (κ1) is 11.9. The van der Waals surface area contributed by atoms with E-state index in [0.29, 0.717) is 22.5 Å². The molecule has 2 rings (SSSR count). The zero-order valence-corrected chi connectivity index (χ0v) is 10.0. The Morgan fingerprint density at radius 1 is 1.56 bits per heavy atom. The Morgan fingerprint density at radius 2 is 2.33 bits per heavy atom. The topological polar surface area (TPSA) is 90.8 Å². The Kier molecular flexibility index (Phi) is 3.15. The van der Waals surface area contributed by atoms with E-state index in [1.54, 1.807) is 32.0 Å². The number of aromatic nitrogens is 2. The van der Waals surface area contributed by atoms with Crippen LogP contribution in [-0.4, -0.2) is 22.2 Å². The van der Waals surface area contributed by atoms with Crippen molar-refractivity contribution in [1.29, 1.82) is 5.26 Å². The van der Waals surface area contributed by atoms with Crippen molar-refractivity contribution >= 4 is 23.1 Å². The van der Waals surface area contributed by atoms with E-state index >= 15 is 0 Å². The van der Waals surface area contributed by atoms with Crippen LogP contribution >= 0.6 is 0 Å². The van der Waals surface area contributed by atoms with Gasteiger partial charge in [-0.05, 0) is 32.0 Å². The summed E-state index contributed by atoms with van der Waals surface area (Å²) in [6, 6.07) is 7.08. The highest BCUT2D eigenvalue weighted by Crippen LogP contribution is 2.15. The van der Waals surface area contributed by atoms with Crippen molar-refractivity contribution < 1.29 is 9.53 Å². The Labute approximate surface area is 104 Å². The number of rotatable bonds is 2. The number of carbonyl (C=O) groups excluding carboxylic acids is 1. The third-order valence-corrected chi connectivity index (χ3v) is 2.17. The molecule has 1 aromatic carbocycles. The van der Waals surface area contributed by atoms with E-state index in [4.69, 9.17) is 10.00 Å². The quantitative estimate of drug-likeness (QED) is 0.848. The molecule has 0 bridgehead atoms. The summed E-state index contributed by atoms with van der Waals surface area (Å²) < 4.78 is 4.93. The minimum absolute atomic E-state index is 0.195. The highest BCUT2D eigenvalue weighted by Gasteiger charge is 2.09. The number of benzene rings is 1. The van der Waals surface area contributed by atoms with Crippen LogP contribution in [0.3, 0.4) is 0 Å². The van der Waals surface area contributed by atoms with Crippen LogP contribution in [0.4, 0.5) is 10.7 Å². The second-order valence-electron chi connectivity index (χ2n) is 4.01. The number of hydrogen-bond acceptors (Lipinski definition) is 4. The molecule has 0 spiro atoms. The van der Waals surface area contributed by atoms with Gasteiger partial charge in [0.2, 0.25) is 5.95 Å². The van der Waals surface area contributed by atoms with Gasteiger partial charge in [-0.2, -0.15) is 5.26 Å². The van der Waals surface area contributed by atoms with Crippen molar-refractivity contribution in [1.82, 2.24) is 9.97 Å². The highest BCUT2D eigenvalue weighted by molar-refractivity contribution is 5.86. The fourth-order valence-electron chi connectivity index (χ4n) is 1.48. The van der Waals surface area contributed by atoms with E-state index in [0.717, 1.165) is 0 Å². The molecule has 2 aromatic rings. The molecule has 1 aromatic heterocycles. The lowest BCUT2D eigenvalue weighted by Gasteiger charge is -2.06. The number of H-pyrrole nitrogens is 1. The largest absolute Gasteiger partial charge is 0.447 e. The molecule has 0 fully saturated rings. The van der Waals surface area contributed by atoms with Crippen LogP contribution in [0.1, 0.15) is 19.4 Å². The van der Waals surface area contributed by atoms with Gasteiger partial charge in [-0.1, -0.05) is 0 Å². The van der Waals surface area contributed by atoms with Gasteiger partial charge in [0, 0.05) is 0 Å². The predicted octanol–water partition coefficient (Wildman–Crippen LogP) is 2.39. The molecule has 6 heteroatoms. The van der Waals surface area contributed by atoms with E-state index in [2.05, 4.69) is 15.3 Å². The molecular weight excluding hydrogens is 232 g/mol. The zero-order chi connectivity index (χ0) is 13.1. The SMILES string of the molecule is CC(C)OC(=O)Nc1nc2ccc(C#N)cc2[nH]1. The van der Waals surface area contributed by atoms with Crippen molar-refractivity contribution in [3.63, 3.8) is 0 Å². The number of aromatic amines is 1. The Balaban J connectivity index is 2.20. The van der Waals surface area contributed by atoms with Crippen LogP contribution in [0.25, 0.3) is 11.0 Å². The minimum Gasteiger partial charge on any atom is -0.447 e. The number of ether oxygens (including phenoxy) is 1. The summed E-state index contributed by atoms with van der Waals surface area (Å²) in [5.74, 6) is 0.297. The summed E-state index contributed by atoms with van der Waals surface area (Å²) in [4.78, 5) is 18.4. The Bertz CT molecular complexity index is 625. The number of fused-ring (bicyclic) bond motifs is 1. The summed E-state index contributed by atoms with van der Waals surface area (Å²) in [6.07, 6.45) is -0.760. The van der Waals surface area contributed by atoms with Crippen LogP contribution in [0, 0.1) is 11.3 Å². The van der Waals surface area contributed by atoms with E-state index in [1.807, 2.05) is 6.07 Å². The lowest BCUT2D eigenvalue weighted by molar-refractivity contribution is 0.130. The van der Waals surface area contributed by atoms with Crippen LogP contribution in [-0.2, 0) is 4.74 Å². The van der Waals surface area contributed by atoms with Crippen molar-refractivity contribution in [2.45, 2.75) is 20.0 Å². The molecule has 0 unspecified atom stereocenters. The zero-order valence-electron chi connectivity index (χ0n) is 10.0. The number of amides is 1. The Hall–Kier alpha value is -2.55.